The highest BCUT2D eigenvalue weighted by molar-refractivity contribution is 5.89. The second-order valence-electron chi connectivity index (χ2n) is 6.90. The highest BCUT2D eigenvalue weighted by Crippen LogP contribution is 2.35. The predicted molar refractivity (Wildman–Crippen MR) is 102 cm³/mol. The number of hydrogen-bond acceptors (Lipinski definition) is 7. The number of esters is 1. The van der Waals surface area contributed by atoms with Gasteiger partial charge in [0.25, 0.3) is 0 Å². The molecule has 154 valence electrons. The molecule has 2 heterocycles. The summed E-state index contributed by atoms with van der Waals surface area (Å²) in [5.41, 5.74) is 1.22. The van der Waals surface area contributed by atoms with E-state index < -0.39 is 43.0 Å². The maximum Gasteiger partial charge on any atom is 0.338 e. The monoisotopic (exact) mass is 400 g/mol. The Morgan fingerprint density at radius 1 is 1.07 bits per heavy atom. The van der Waals surface area contributed by atoms with Crippen LogP contribution in [-0.4, -0.2) is 55.0 Å². The second-order valence-corrected chi connectivity index (χ2v) is 6.90. The average Bonchev–Trinajstić information content (AvgIpc) is 2.77. The molecule has 2 saturated heterocycles. The minimum Gasteiger partial charge on any atom is -0.450 e. The largest absolute Gasteiger partial charge is 0.450 e. The Morgan fingerprint density at radius 3 is 2.45 bits per heavy atom. The molecule has 1 N–H and O–H groups in total. The molecule has 0 aliphatic carbocycles. The van der Waals surface area contributed by atoms with E-state index in [-0.39, 0.29) is 6.61 Å². The molecule has 0 spiro atoms. The molecule has 4 rings (SSSR count). The van der Waals surface area contributed by atoms with Crippen LogP contribution in [0, 0.1) is 0 Å². The molecule has 7 heteroatoms. The van der Waals surface area contributed by atoms with Crippen molar-refractivity contribution >= 4 is 5.97 Å². The van der Waals surface area contributed by atoms with Gasteiger partial charge in [-0.2, -0.15) is 0 Å². The standard InChI is InChI=1S/C22H24O7/c1-2-25-22-19(28-20(24)14-9-5-3-6-10-14)17(23)18-16(27-22)13-26-21(29-18)15-11-7-4-8-12-15/h3-12,16-19,21-23H,2,13H2,1H3. The SMILES string of the molecule is CCOC1OC2COC(c3ccccc3)OC2C(O)C1OC(=O)c1ccccc1. The molecule has 0 amide bonds. The van der Waals surface area contributed by atoms with Crippen molar-refractivity contribution in [3.05, 3.63) is 71.8 Å². The van der Waals surface area contributed by atoms with Crippen molar-refractivity contribution in [1.29, 1.82) is 0 Å². The lowest BCUT2D eigenvalue weighted by Gasteiger charge is -2.47. The van der Waals surface area contributed by atoms with E-state index >= 15 is 0 Å². The van der Waals surface area contributed by atoms with Crippen LogP contribution in [0.25, 0.3) is 0 Å². The van der Waals surface area contributed by atoms with Crippen LogP contribution >= 0.6 is 0 Å². The molecule has 2 aliphatic heterocycles. The number of rotatable bonds is 5. The Kier molecular flexibility index (Phi) is 6.22. The van der Waals surface area contributed by atoms with Gasteiger partial charge in [0, 0.05) is 12.2 Å². The van der Waals surface area contributed by atoms with Gasteiger partial charge in [-0.1, -0.05) is 48.5 Å². The predicted octanol–water partition coefficient (Wildman–Crippen LogP) is 2.45. The van der Waals surface area contributed by atoms with Gasteiger partial charge in [-0.3, -0.25) is 0 Å². The summed E-state index contributed by atoms with van der Waals surface area (Å²) in [6.45, 7) is 2.37. The Labute approximate surface area is 169 Å². The highest BCUT2D eigenvalue weighted by atomic mass is 16.8. The van der Waals surface area contributed by atoms with Gasteiger partial charge in [-0.15, -0.1) is 0 Å². The van der Waals surface area contributed by atoms with Gasteiger partial charge >= 0.3 is 5.97 Å². The molecule has 0 bridgehead atoms. The molecule has 2 fully saturated rings. The van der Waals surface area contributed by atoms with E-state index in [9.17, 15) is 9.90 Å². The number of aliphatic hydroxyl groups excluding tert-OH is 1. The van der Waals surface area contributed by atoms with Gasteiger partial charge in [-0.25, -0.2) is 4.79 Å². The molecule has 7 nitrogen and oxygen atoms in total. The molecular weight excluding hydrogens is 376 g/mol. The van der Waals surface area contributed by atoms with Gasteiger partial charge in [0.1, 0.15) is 18.3 Å². The maximum atomic E-state index is 12.5. The first-order valence-electron chi connectivity index (χ1n) is 9.70. The van der Waals surface area contributed by atoms with Crippen molar-refractivity contribution in [3.8, 4) is 0 Å². The summed E-state index contributed by atoms with van der Waals surface area (Å²) in [5, 5.41) is 11.0. The van der Waals surface area contributed by atoms with Gasteiger partial charge in [0.05, 0.1) is 12.2 Å². The molecule has 2 aromatic rings. The first-order valence-corrected chi connectivity index (χ1v) is 9.70. The Hall–Kier alpha value is -2.29. The van der Waals surface area contributed by atoms with Crippen molar-refractivity contribution in [1.82, 2.24) is 0 Å². The minimum absolute atomic E-state index is 0.226. The normalized spacial score (nSPS) is 31.7. The summed E-state index contributed by atoms with van der Waals surface area (Å²) in [7, 11) is 0. The summed E-state index contributed by atoms with van der Waals surface area (Å²) in [5.74, 6) is -0.562. The lowest BCUT2D eigenvalue weighted by atomic mass is 9.97. The van der Waals surface area contributed by atoms with Crippen molar-refractivity contribution < 1.29 is 33.6 Å². The van der Waals surface area contributed by atoms with E-state index in [0.29, 0.717) is 12.2 Å². The number of hydrogen-bond donors (Lipinski definition) is 1. The van der Waals surface area contributed by atoms with E-state index in [1.807, 2.05) is 36.4 Å². The molecule has 0 aromatic heterocycles. The lowest BCUT2D eigenvalue weighted by Crippen LogP contribution is -2.63. The molecular formula is C22H24O7. The van der Waals surface area contributed by atoms with Crippen molar-refractivity contribution in [2.24, 2.45) is 0 Å². The Bertz CT molecular complexity index is 797. The summed E-state index contributed by atoms with van der Waals surface area (Å²) >= 11 is 0. The summed E-state index contributed by atoms with van der Waals surface area (Å²) in [6, 6.07) is 18.0. The van der Waals surface area contributed by atoms with E-state index in [2.05, 4.69) is 0 Å². The van der Waals surface area contributed by atoms with Crippen LogP contribution in [0.2, 0.25) is 0 Å². The maximum absolute atomic E-state index is 12.5. The van der Waals surface area contributed by atoms with E-state index in [1.165, 1.54) is 0 Å². The molecule has 6 unspecified atom stereocenters. The molecule has 29 heavy (non-hydrogen) atoms. The number of carbonyl (C=O) groups excluding carboxylic acids is 1. The van der Waals surface area contributed by atoms with Crippen LogP contribution in [0.5, 0.6) is 0 Å². The third-order valence-corrected chi connectivity index (χ3v) is 4.96. The first-order chi connectivity index (χ1) is 14.2. The van der Waals surface area contributed by atoms with Gasteiger partial charge < -0.3 is 28.8 Å². The van der Waals surface area contributed by atoms with Crippen molar-refractivity contribution in [3.63, 3.8) is 0 Å². The Morgan fingerprint density at radius 2 is 1.76 bits per heavy atom. The fourth-order valence-electron chi connectivity index (χ4n) is 3.54. The third kappa shape index (κ3) is 4.34. The smallest absolute Gasteiger partial charge is 0.338 e. The van der Waals surface area contributed by atoms with Gasteiger partial charge in [-0.05, 0) is 19.1 Å². The van der Waals surface area contributed by atoms with E-state index in [1.54, 1.807) is 31.2 Å². The summed E-state index contributed by atoms with van der Waals surface area (Å²) < 4.78 is 28.9. The van der Waals surface area contributed by atoms with E-state index in [0.717, 1.165) is 5.56 Å². The van der Waals surface area contributed by atoms with Gasteiger partial charge in [0.2, 0.25) is 0 Å². The number of ether oxygens (including phenoxy) is 5. The van der Waals surface area contributed by atoms with Crippen LogP contribution < -0.4 is 0 Å². The Balaban J connectivity index is 1.51. The molecule has 0 radical (unpaired) electrons. The molecule has 0 saturated carbocycles. The molecule has 2 aliphatic rings. The molecule has 2 aromatic carbocycles. The van der Waals surface area contributed by atoms with Crippen LogP contribution in [0.3, 0.4) is 0 Å². The zero-order chi connectivity index (χ0) is 20.2. The minimum atomic E-state index is -1.13. The van der Waals surface area contributed by atoms with E-state index in [4.69, 9.17) is 23.7 Å². The van der Waals surface area contributed by atoms with Crippen LogP contribution in [0.15, 0.2) is 60.7 Å². The zero-order valence-corrected chi connectivity index (χ0v) is 16.0. The quantitative estimate of drug-likeness (QED) is 0.772. The lowest BCUT2D eigenvalue weighted by molar-refractivity contribution is -0.360. The number of fused-ring (bicyclic) bond motifs is 1. The fourth-order valence-corrected chi connectivity index (χ4v) is 3.54. The summed E-state index contributed by atoms with van der Waals surface area (Å²) in [4.78, 5) is 12.5. The third-order valence-electron chi connectivity index (χ3n) is 4.96. The topological polar surface area (TPSA) is 83.5 Å². The van der Waals surface area contributed by atoms with Crippen molar-refractivity contribution in [2.45, 2.75) is 43.9 Å². The van der Waals surface area contributed by atoms with Crippen molar-refractivity contribution in [2.75, 3.05) is 13.2 Å². The summed E-state index contributed by atoms with van der Waals surface area (Å²) in [6.07, 6.45) is -4.96. The number of aliphatic hydroxyl groups is 1. The van der Waals surface area contributed by atoms with Gasteiger partial charge in [0.15, 0.2) is 18.7 Å². The molecule has 6 atom stereocenters. The second kappa shape index (κ2) is 9.02. The number of benzene rings is 2. The first kappa shape index (κ1) is 20.0. The fraction of sp³-hybridized carbons (Fsp3) is 0.409. The average molecular weight is 400 g/mol. The zero-order valence-electron chi connectivity index (χ0n) is 16.0. The van der Waals surface area contributed by atoms with Crippen LogP contribution in [0.4, 0.5) is 0 Å². The van der Waals surface area contributed by atoms with Crippen LogP contribution in [0.1, 0.15) is 29.1 Å². The highest BCUT2D eigenvalue weighted by Gasteiger charge is 2.51. The number of carbonyl (C=O) groups is 1. The van der Waals surface area contributed by atoms with Crippen LogP contribution in [-0.2, 0) is 23.7 Å².